The average Bonchev–Trinajstić information content (AvgIpc) is 3.04. The number of nitrogens with one attached hydrogen (secondary N) is 1. The summed E-state index contributed by atoms with van der Waals surface area (Å²) in [5, 5.41) is 17.3. The van der Waals surface area contributed by atoms with E-state index in [4.69, 9.17) is 10.00 Å². The van der Waals surface area contributed by atoms with Gasteiger partial charge in [-0.15, -0.1) is 0 Å². The highest BCUT2D eigenvalue weighted by Gasteiger charge is 2.17. The van der Waals surface area contributed by atoms with E-state index in [1.807, 2.05) is 13.8 Å². The maximum atomic E-state index is 12.2. The van der Waals surface area contributed by atoms with Crippen molar-refractivity contribution in [2.75, 3.05) is 11.9 Å². The number of anilines is 1. The van der Waals surface area contributed by atoms with E-state index in [9.17, 15) is 4.79 Å². The monoisotopic (exact) mass is 350 g/mol. The molecule has 1 N–H and O–H groups in total. The van der Waals surface area contributed by atoms with Gasteiger partial charge in [0, 0.05) is 29.9 Å². The molecule has 0 saturated carbocycles. The SMILES string of the molecule is CCOC(=O)c1cnc(-n2ncc3cc(C#N)cnc32)cc1NC(C)C. The summed E-state index contributed by atoms with van der Waals surface area (Å²) in [6.07, 6.45) is 4.58. The minimum Gasteiger partial charge on any atom is -0.462 e. The fraction of sp³-hybridized carbons (Fsp3) is 0.278. The lowest BCUT2D eigenvalue weighted by Crippen LogP contribution is -2.16. The Hall–Kier alpha value is -3.47. The fourth-order valence-corrected chi connectivity index (χ4v) is 2.51. The zero-order valence-corrected chi connectivity index (χ0v) is 14.7. The normalized spacial score (nSPS) is 10.7. The van der Waals surface area contributed by atoms with Crippen LogP contribution in [-0.2, 0) is 4.74 Å². The zero-order chi connectivity index (χ0) is 18.7. The van der Waals surface area contributed by atoms with E-state index in [-0.39, 0.29) is 12.6 Å². The molecule has 0 aliphatic heterocycles. The van der Waals surface area contributed by atoms with Crippen LogP contribution in [0.5, 0.6) is 0 Å². The largest absolute Gasteiger partial charge is 0.462 e. The number of pyridine rings is 2. The molecule has 26 heavy (non-hydrogen) atoms. The molecule has 0 fully saturated rings. The number of hydrogen-bond acceptors (Lipinski definition) is 7. The molecule has 0 saturated heterocycles. The van der Waals surface area contributed by atoms with Crippen LogP contribution in [0.25, 0.3) is 16.9 Å². The van der Waals surface area contributed by atoms with E-state index in [2.05, 4.69) is 26.5 Å². The lowest BCUT2D eigenvalue weighted by atomic mass is 10.2. The summed E-state index contributed by atoms with van der Waals surface area (Å²) >= 11 is 0. The first-order valence-electron chi connectivity index (χ1n) is 8.21. The molecule has 3 rings (SSSR count). The fourth-order valence-electron chi connectivity index (χ4n) is 2.51. The third-order valence-electron chi connectivity index (χ3n) is 3.58. The minimum atomic E-state index is -0.434. The van der Waals surface area contributed by atoms with E-state index in [1.165, 1.54) is 12.4 Å². The Morgan fingerprint density at radius 2 is 2.12 bits per heavy atom. The topological polar surface area (TPSA) is 106 Å². The van der Waals surface area contributed by atoms with Gasteiger partial charge in [0.05, 0.1) is 24.1 Å². The van der Waals surface area contributed by atoms with Crippen molar-refractivity contribution in [1.29, 1.82) is 5.26 Å². The van der Waals surface area contributed by atoms with Crippen LogP contribution in [0.2, 0.25) is 0 Å². The van der Waals surface area contributed by atoms with Crippen LogP contribution >= 0.6 is 0 Å². The van der Waals surface area contributed by atoms with E-state index < -0.39 is 5.97 Å². The molecule has 8 nitrogen and oxygen atoms in total. The molecule has 0 radical (unpaired) electrons. The minimum absolute atomic E-state index is 0.115. The molecular weight excluding hydrogens is 332 g/mol. The molecular formula is C18H18N6O2. The summed E-state index contributed by atoms with van der Waals surface area (Å²) in [5.41, 5.74) is 2.02. The van der Waals surface area contributed by atoms with Crippen molar-refractivity contribution in [1.82, 2.24) is 19.7 Å². The van der Waals surface area contributed by atoms with E-state index in [0.29, 0.717) is 28.3 Å². The molecule has 0 aliphatic rings. The van der Waals surface area contributed by atoms with Crippen molar-refractivity contribution in [3.05, 3.63) is 41.9 Å². The van der Waals surface area contributed by atoms with Crippen molar-refractivity contribution in [3.63, 3.8) is 0 Å². The molecule has 3 heterocycles. The highest BCUT2D eigenvalue weighted by molar-refractivity contribution is 5.95. The highest BCUT2D eigenvalue weighted by Crippen LogP contribution is 2.22. The molecule has 0 unspecified atom stereocenters. The standard InChI is InChI=1S/C18H18N6O2/c1-4-26-18(25)14-10-20-16(6-15(14)23-11(2)3)24-17-13(9-22-24)5-12(7-19)8-21-17/h5-6,8-11H,4H2,1-3H3,(H,20,23). The Bertz CT molecular complexity index is 1000. The number of nitriles is 1. The van der Waals surface area contributed by atoms with E-state index in [1.54, 1.807) is 29.9 Å². The number of nitrogens with zero attached hydrogens (tertiary/aromatic N) is 5. The number of ether oxygens (including phenoxy) is 1. The summed E-state index contributed by atoms with van der Waals surface area (Å²) < 4.78 is 6.66. The second kappa shape index (κ2) is 7.19. The Morgan fingerprint density at radius 1 is 1.31 bits per heavy atom. The van der Waals surface area contributed by atoms with Gasteiger partial charge in [-0.1, -0.05) is 0 Å². The summed E-state index contributed by atoms with van der Waals surface area (Å²) in [6, 6.07) is 5.62. The van der Waals surface area contributed by atoms with E-state index in [0.717, 1.165) is 5.39 Å². The molecule has 3 aromatic heterocycles. The number of rotatable bonds is 5. The molecule has 8 heteroatoms. The number of carbonyl (C=O) groups is 1. The number of carbonyl (C=O) groups excluding carboxylic acids is 1. The third kappa shape index (κ3) is 3.32. The van der Waals surface area contributed by atoms with Gasteiger partial charge in [-0.3, -0.25) is 0 Å². The van der Waals surface area contributed by atoms with Gasteiger partial charge >= 0.3 is 5.97 Å². The first-order valence-corrected chi connectivity index (χ1v) is 8.21. The predicted octanol–water partition coefficient (Wildman–Crippen LogP) is 2.68. The van der Waals surface area contributed by atoms with Crippen molar-refractivity contribution >= 4 is 22.7 Å². The van der Waals surface area contributed by atoms with Crippen LogP contribution < -0.4 is 5.32 Å². The van der Waals surface area contributed by atoms with E-state index >= 15 is 0 Å². The van der Waals surface area contributed by atoms with Crippen LogP contribution in [0.3, 0.4) is 0 Å². The van der Waals surface area contributed by atoms with Gasteiger partial charge < -0.3 is 10.1 Å². The van der Waals surface area contributed by atoms with Gasteiger partial charge in [0.2, 0.25) is 0 Å². The second-order valence-electron chi connectivity index (χ2n) is 5.91. The molecule has 132 valence electrons. The number of aromatic nitrogens is 4. The zero-order valence-electron chi connectivity index (χ0n) is 14.7. The number of fused-ring (bicyclic) bond motifs is 1. The van der Waals surface area contributed by atoms with Gasteiger partial charge in [0.1, 0.15) is 11.6 Å². The van der Waals surface area contributed by atoms with Crippen molar-refractivity contribution < 1.29 is 9.53 Å². The molecule has 0 spiro atoms. The Labute approximate surface area is 150 Å². The summed E-state index contributed by atoms with van der Waals surface area (Å²) in [4.78, 5) is 20.8. The molecule has 0 amide bonds. The Kier molecular flexibility index (Phi) is 4.80. The van der Waals surface area contributed by atoms with Crippen molar-refractivity contribution in [3.8, 4) is 11.9 Å². The molecule has 0 aliphatic carbocycles. The highest BCUT2D eigenvalue weighted by atomic mass is 16.5. The quantitative estimate of drug-likeness (QED) is 0.705. The third-order valence-corrected chi connectivity index (χ3v) is 3.58. The van der Waals surface area contributed by atoms with Crippen molar-refractivity contribution in [2.24, 2.45) is 0 Å². The van der Waals surface area contributed by atoms with Crippen LogP contribution in [-0.4, -0.2) is 38.4 Å². The average molecular weight is 350 g/mol. The number of esters is 1. The summed E-state index contributed by atoms with van der Waals surface area (Å²) in [6.45, 7) is 6.00. The van der Waals surface area contributed by atoms with Crippen LogP contribution in [0.1, 0.15) is 36.7 Å². The summed E-state index contributed by atoms with van der Waals surface area (Å²) in [5.74, 6) is 0.0743. The lowest BCUT2D eigenvalue weighted by molar-refractivity contribution is 0.0527. The first-order chi connectivity index (χ1) is 12.5. The molecule has 3 aromatic rings. The molecule has 0 aromatic carbocycles. The maximum absolute atomic E-state index is 12.2. The van der Waals surface area contributed by atoms with Crippen LogP contribution in [0, 0.1) is 11.3 Å². The van der Waals surface area contributed by atoms with Crippen molar-refractivity contribution in [2.45, 2.75) is 26.8 Å². The lowest BCUT2D eigenvalue weighted by Gasteiger charge is -2.15. The molecule has 0 bridgehead atoms. The smallest absolute Gasteiger partial charge is 0.341 e. The van der Waals surface area contributed by atoms with Gasteiger partial charge in [0.25, 0.3) is 0 Å². The number of hydrogen-bond donors (Lipinski definition) is 1. The van der Waals surface area contributed by atoms with Crippen LogP contribution in [0.4, 0.5) is 5.69 Å². The maximum Gasteiger partial charge on any atom is 0.341 e. The second-order valence-corrected chi connectivity index (χ2v) is 5.91. The van der Waals surface area contributed by atoms with Gasteiger partial charge in [-0.05, 0) is 26.8 Å². The van der Waals surface area contributed by atoms with Gasteiger partial charge in [-0.25, -0.2) is 14.8 Å². The Morgan fingerprint density at radius 3 is 2.81 bits per heavy atom. The van der Waals surface area contributed by atoms with Gasteiger partial charge in [0.15, 0.2) is 11.5 Å². The summed E-state index contributed by atoms with van der Waals surface area (Å²) in [7, 11) is 0. The first kappa shape index (κ1) is 17.4. The molecule has 0 atom stereocenters. The van der Waals surface area contributed by atoms with Crippen LogP contribution in [0.15, 0.2) is 30.7 Å². The van der Waals surface area contributed by atoms with Gasteiger partial charge in [-0.2, -0.15) is 15.0 Å². The predicted molar refractivity (Wildman–Crippen MR) is 96.1 cm³/mol. The Balaban J connectivity index is 2.08.